The highest BCUT2D eigenvalue weighted by Gasteiger charge is 2.40. The van der Waals surface area contributed by atoms with Crippen LogP contribution in [0, 0.1) is 5.92 Å². The van der Waals surface area contributed by atoms with Crippen LogP contribution in [-0.2, 0) is 19.1 Å². The summed E-state index contributed by atoms with van der Waals surface area (Å²) in [5, 5.41) is 9.17. The number of nitrogens with zero attached hydrogens (tertiary/aromatic N) is 2. The zero-order valence-electron chi connectivity index (χ0n) is 10.6. The Hall–Kier alpha value is -2.44. The van der Waals surface area contributed by atoms with Gasteiger partial charge in [-0.1, -0.05) is 0 Å². The fraction of sp³-hybridized carbons (Fsp3) is 0.333. The second-order valence-electron chi connectivity index (χ2n) is 3.93. The molecule has 1 aliphatic carbocycles. The molecule has 0 fully saturated rings. The third-order valence-electron chi connectivity index (χ3n) is 2.79. The van der Waals surface area contributed by atoms with Crippen molar-refractivity contribution in [2.24, 2.45) is 15.9 Å². The van der Waals surface area contributed by atoms with Gasteiger partial charge in [-0.15, -0.1) is 0 Å². The van der Waals surface area contributed by atoms with Crippen molar-refractivity contribution in [2.45, 2.75) is 6.92 Å². The molecule has 0 aromatic heterocycles. The van der Waals surface area contributed by atoms with E-state index in [2.05, 4.69) is 9.98 Å². The minimum absolute atomic E-state index is 0.0564. The molecular formula is C12H12N2O5. The summed E-state index contributed by atoms with van der Waals surface area (Å²) < 4.78 is 10.2. The second kappa shape index (κ2) is 4.68. The lowest BCUT2D eigenvalue weighted by atomic mass is 9.89. The summed E-state index contributed by atoms with van der Waals surface area (Å²) in [6, 6.07) is 0. The number of amides is 1. The molecule has 1 atom stereocenters. The number of aliphatic imine (C=N–C) groups is 2. The van der Waals surface area contributed by atoms with E-state index in [9.17, 15) is 9.59 Å². The summed E-state index contributed by atoms with van der Waals surface area (Å²) in [6.45, 7) is 1.56. The number of fused-ring (bicyclic) bond motifs is 1. The van der Waals surface area contributed by atoms with Gasteiger partial charge in [0.25, 0.3) is 5.91 Å². The van der Waals surface area contributed by atoms with Gasteiger partial charge in [-0.2, -0.15) is 4.99 Å². The van der Waals surface area contributed by atoms with Crippen LogP contribution in [0.1, 0.15) is 6.92 Å². The van der Waals surface area contributed by atoms with Crippen molar-refractivity contribution in [1.29, 1.82) is 0 Å². The number of ether oxygens (including phenoxy) is 2. The molecule has 7 heteroatoms. The van der Waals surface area contributed by atoms with Crippen molar-refractivity contribution in [3.63, 3.8) is 0 Å². The Morgan fingerprint density at radius 3 is 2.53 bits per heavy atom. The minimum atomic E-state index is -1.18. The molecule has 0 bridgehead atoms. The number of carbonyl (C=O) groups excluding carboxylic acids is 1. The van der Waals surface area contributed by atoms with Gasteiger partial charge in [-0.3, -0.25) is 4.79 Å². The maximum Gasteiger partial charge on any atom is 0.339 e. The maximum absolute atomic E-state index is 11.9. The molecule has 0 radical (unpaired) electrons. The number of amidine groups is 1. The molecule has 100 valence electrons. The number of carbonyl (C=O) groups is 2. The molecular weight excluding hydrogens is 252 g/mol. The highest BCUT2D eigenvalue weighted by atomic mass is 16.5. The van der Waals surface area contributed by atoms with Crippen molar-refractivity contribution >= 4 is 23.4 Å². The molecule has 1 amide bonds. The van der Waals surface area contributed by atoms with Gasteiger partial charge in [0.2, 0.25) is 0 Å². The van der Waals surface area contributed by atoms with Gasteiger partial charge < -0.3 is 14.6 Å². The van der Waals surface area contributed by atoms with E-state index in [4.69, 9.17) is 14.6 Å². The third-order valence-corrected chi connectivity index (χ3v) is 2.79. The summed E-state index contributed by atoms with van der Waals surface area (Å²) in [6.07, 6.45) is 1.26. The molecule has 19 heavy (non-hydrogen) atoms. The van der Waals surface area contributed by atoms with Crippen LogP contribution in [0.25, 0.3) is 0 Å². The Kier molecular flexibility index (Phi) is 3.20. The number of rotatable bonds is 3. The Morgan fingerprint density at radius 1 is 1.32 bits per heavy atom. The number of hydrogen-bond acceptors (Lipinski definition) is 5. The van der Waals surface area contributed by atoms with Crippen LogP contribution < -0.4 is 0 Å². The molecule has 0 aromatic rings. The van der Waals surface area contributed by atoms with E-state index in [1.165, 1.54) is 20.3 Å². The largest absolute Gasteiger partial charge is 0.500 e. The average molecular weight is 264 g/mol. The highest BCUT2D eigenvalue weighted by Crippen LogP contribution is 2.31. The zero-order chi connectivity index (χ0) is 14.2. The Balaban J connectivity index is 2.68. The van der Waals surface area contributed by atoms with Gasteiger partial charge in [0.05, 0.1) is 14.2 Å². The predicted molar refractivity (Wildman–Crippen MR) is 65.8 cm³/mol. The Labute approximate surface area is 108 Å². The Bertz CT molecular complexity index is 583. The van der Waals surface area contributed by atoms with E-state index < -0.39 is 17.8 Å². The third kappa shape index (κ3) is 2.03. The summed E-state index contributed by atoms with van der Waals surface area (Å²) in [5.74, 6) is -1.96. The highest BCUT2D eigenvalue weighted by molar-refractivity contribution is 6.24. The van der Waals surface area contributed by atoms with E-state index in [0.29, 0.717) is 0 Å². The van der Waals surface area contributed by atoms with E-state index >= 15 is 0 Å². The van der Waals surface area contributed by atoms with Crippen LogP contribution in [0.15, 0.2) is 33.2 Å². The van der Waals surface area contributed by atoms with Crippen LogP contribution in [0.2, 0.25) is 0 Å². The van der Waals surface area contributed by atoms with E-state index in [0.717, 1.165) is 0 Å². The fourth-order valence-corrected chi connectivity index (χ4v) is 2.02. The quantitative estimate of drug-likeness (QED) is 0.801. The van der Waals surface area contributed by atoms with Crippen LogP contribution in [0.3, 0.4) is 0 Å². The first kappa shape index (κ1) is 13.0. The smallest absolute Gasteiger partial charge is 0.339 e. The van der Waals surface area contributed by atoms with Crippen LogP contribution in [0.5, 0.6) is 0 Å². The molecule has 7 nitrogen and oxygen atoms in total. The van der Waals surface area contributed by atoms with Crippen LogP contribution >= 0.6 is 0 Å². The lowest BCUT2D eigenvalue weighted by Crippen LogP contribution is -2.35. The molecule has 2 rings (SSSR count). The van der Waals surface area contributed by atoms with Crippen molar-refractivity contribution in [2.75, 3.05) is 14.2 Å². The van der Waals surface area contributed by atoms with E-state index in [-0.39, 0.29) is 28.6 Å². The molecule has 2 aliphatic rings. The summed E-state index contributed by atoms with van der Waals surface area (Å²) in [4.78, 5) is 31.0. The molecule has 0 saturated heterocycles. The number of hydrogen-bond donors (Lipinski definition) is 1. The number of carboxylic acid groups (broad SMARTS) is 1. The zero-order valence-corrected chi connectivity index (χ0v) is 10.6. The first-order valence-corrected chi connectivity index (χ1v) is 5.44. The number of allylic oxidation sites excluding steroid dienone is 1. The summed E-state index contributed by atoms with van der Waals surface area (Å²) in [5.41, 5.74) is 0.119. The van der Waals surface area contributed by atoms with Crippen molar-refractivity contribution in [3.8, 4) is 0 Å². The van der Waals surface area contributed by atoms with Gasteiger partial charge >= 0.3 is 5.97 Å². The molecule has 1 heterocycles. The second-order valence-corrected chi connectivity index (χ2v) is 3.93. The number of methoxy groups -OCH3 is 2. The Morgan fingerprint density at radius 2 is 2.00 bits per heavy atom. The molecule has 0 spiro atoms. The summed E-state index contributed by atoms with van der Waals surface area (Å²) in [7, 11) is 2.69. The molecule has 0 saturated carbocycles. The number of carboxylic acids is 1. The SMILES string of the molecule is COC1=CC(C(=O)O)=C(OC)C2=NC(C)=NC(=O)C12. The van der Waals surface area contributed by atoms with Crippen molar-refractivity contribution < 1.29 is 24.2 Å². The lowest BCUT2D eigenvalue weighted by molar-refractivity contribution is -0.132. The fourth-order valence-electron chi connectivity index (χ4n) is 2.02. The van der Waals surface area contributed by atoms with Gasteiger partial charge in [0, 0.05) is 0 Å². The van der Waals surface area contributed by atoms with Crippen molar-refractivity contribution in [3.05, 3.63) is 23.2 Å². The van der Waals surface area contributed by atoms with Gasteiger partial charge in [-0.05, 0) is 13.0 Å². The minimum Gasteiger partial charge on any atom is -0.500 e. The van der Waals surface area contributed by atoms with Gasteiger partial charge in [-0.25, -0.2) is 9.79 Å². The molecule has 0 aromatic carbocycles. The summed E-state index contributed by atoms with van der Waals surface area (Å²) >= 11 is 0. The van der Waals surface area contributed by atoms with Gasteiger partial charge in [0.15, 0.2) is 5.76 Å². The van der Waals surface area contributed by atoms with E-state index in [1.54, 1.807) is 6.92 Å². The number of aliphatic carboxylic acids is 1. The standard InChI is InChI=1S/C12H12N2O5/c1-5-13-9-8(11(15)14-5)7(18-2)4-6(12(16)17)10(9)19-3/h4,8H,1-3H3,(H,16,17). The van der Waals surface area contributed by atoms with Crippen LogP contribution in [-0.4, -0.2) is 42.7 Å². The lowest BCUT2D eigenvalue weighted by Gasteiger charge is -2.26. The predicted octanol–water partition coefficient (Wildman–Crippen LogP) is 0.531. The first-order chi connectivity index (χ1) is 8.99. The molecule has 1 unspecified atom stereocenters. The van der Waals surface area contributed by atoms with Crippen LogP contribution in [0.4, 0.5) is 0 Å². The van der Waals surface area contributed by atoms with Crippen molar-refractivity contribution in [1.82, 2.24) is 0 Å². The monoisotopic (exact) mass is 264 g/mol. The van der Waals surface area contributed by atoms with Gasteiger partial charge in [0.1, 0.15) is 28.8 Å². The topological polar surface area (TPSA) is 97.6 Å². The normalized spacial score (nSPS) is 22.2. The first-order valence-electron chi connectivity index (χ1n) is 5.44. The maximum atomic E-state index is 11.9. The molecule has 1 N–H and O–H groups in total. The average Bonchev–Trinajstić information content (AvgIpc) is 2.35. The molecule has 1 aliphatic heterocycles. The van der Waals surface area contributed by atoms with E-state index in [1.807, 2.05) is 0 Å².